The van der Waals surface area contributed by atoms with Gasteiger partial charge in [0, 0.05) is 17.1 Å². The number of anilines is 2. The first-order valence-electron chi connectivity index (χ1n) is 14.8. The number of aryl methyl sites for hydroxylation is 1. The maximum atomic E-state index is 13.9. The Kier molecular flexibility index (Phi) is 8.97. The molecule has 1 aromatic heterocycles. The summed E-state index contributed by atoms with van der Waals surface area (Å²) in [4.78, 5) is 18.7. The molecule has 0 bridgehead atoms. The molecule has 1 amide bonds. The quantitative estimate of drug-likeness (QED) is 0.190. The van der Waals surface area contributed by atoms with Gasteiger partial charge in [-0.2, -0.15) is 4.98 Å². The third-order valence-electron chi connectivity index (χ3n) is 7.79. The van der Waals surface area contributed by atoms with Crippen LogP contribution in [0, 0.1) is 13.8 Å². The van der Waals surface area contributed by atoms with Crippen LogP contribution < -0.4 is 15.4 Å². The Morgan fingerprint density at radius 3 is 2.42 bits per heavy atom. The number of ether oxygens (including phenoxy) is 1. The highest BCUT2D eigenvalue weighted by atomic mass is 32.2. The Hall–Kier alpha value is -4.04. The maximum Gasteiger partial charge on any atom is 0.255 e. The number of amides is 1. The first kappa shape index (κ1) is 30.4. The van der Waals surface area contributed by atoms with Gasteiger partial charge in [-0.3, -0.25) is 4.79 Å². The standard InChI is InChI=1S/C35H41N5O2S/c1-8-20-43-34-38-33-36-24(4)30(32(41)37-29-11-9-10-22(2)23(29)3)31(40(33)39-34)26-14-18-28(19-15-26)42-21-25-12-16-27(17-13-25)35(5,6)7/h9-19,31H,8,20-21H2,1-7H3,(H,37,41)(H,36,38,39). The summed E-state index contributed by atoms with van der Waals surface area (Å²) in [7, 11) is 0. The lowest BCUT2D eigenvalue weighted by Crippen LogP contribution is -2.31. The number of carbonyl (C=O) groups is 1. The van der Waals surface area contributed by atoms with Crippen LogP contribution in [0.25, 0.3) is 0 Å². The van der Waals surface area contributed by atoms with Crippen LogP contribution in [0.5, 0.6) is 5.75 Å². The lowest BCUT2D eigenvalue weighted by Gasteiger charge is -2.29. The van der Waals surface area contributed by atoms with Crippen molar-refractivity contribution >= 4 is 29.3 Å². The fourth-order valence-electron chi connectivity index (χ4n) is 5.08. The molecule has 5 rings (SSSR count). The second kappa shape index (κ2) is 12.7. The van der Waals surface area contributed by atoms with Gasteiger partial charge in [0.2, 0.25) is 11.1 Å². The van der Waals surface area contributed by atoms with Crippen molar-refractivity contribution in [3.05, 3.63) is 106 Å². The van der Waals surface area contributed by atoms with E-state index >= 15 is 0 Å². The molecule has 0 fully saturated rings. The molecule has 8 heteroatoms. The third-order valence-corrected chi connectivity index (χ3v) is 8.83. The van der Waals surface area contributed by atoms with Gasteiger partial charge in [-0.25, -0.2) is 4.68 Å². The summed E-state index contributed by atoms with van der Waals surface area (Å²) in [5.41, 5.74) is 7.76. The number of benzene rings is 3. The molecule has 2 N–H and O–H groups in total. The Morgan fingerprint density at radius 2 is 1.74 bits per heavy atom. The molecule has 1 aliphatic rings. The molecule has 43 heavy (non-hydrogen) atoms. The second-order valence-corrected chi connectivity index (χ2v) is 13.1. The minimum Gasteiger partial charge on any atom is -0.489 e. The summed E-state index contributed by atoms with van der Waals surface area (Å²) in [5.74, 6) is 2.14. The second-order valence-electron chi connectivity index (χ2n) is 12.1. The molecule has 1 aliphatic heterocycles. The normalized spacial score (nSPS) is 14.7. The zero-order valence-electron chi connectivity index (χ0n) is 26.1. The SMILES string of the molecule is CCCSc1nc2n(n1)C(c1ccc(OCc3ccc(C(C)(C)C)cc3)cc1)C(C(=O)Nc1cccc(C)c1C)=C(C)N2. The molecule has 0 saturated carbocycles. The monoisotopic (exact) mass is 595 g/mol. The minimum atomic E-state index is -0.455. The Morgan fingerprint density at radius 1 is 1.02 bits per heavy atom. The van der Waals surface area contributed by atoms with Crippen LogP contribution in [0.15, 0.2) is 83.2 Å². The van der Waals surface area contributed by atoms with Gasteiger partial charge in [-0.15, -0.1) is 5.10 Å². The van der Waals surface area contributed by atoms with Crippen LogP contribution in [0.4, 0.5) is 11.6 Å². The number of rotatable bonds is 9. The fraction of sp³-hybridized carbons (Fsp3) is 0.343. The van der Waals surface area contributed by atoms with Gasteiger partial charge in [-0.1, -0.05) is 88.0 Å². The van der Waals surface area contributed by atoms with Gasteiger partial charge in [0.05, 0.1) is 5.57 Å². The van der Waals surface area contributed by atoms with Gasteiger partial charge in [0.15, 0.2) is 0 Å². The van der Waals surface area contributed by atoms with Crippen molar-refractivity contribution in [2.24, 2.45) is 0 Å². The van der Waals surface area contributed by atoms with E-state index in [1.165, 1.54) is 5.56 Å². The van der Waals surface area contributed by atoms with E-state index in [4.69, 9.17) is 14.8 Å². The Balaban J connectivity index is 1.42. The van der Waals surface area contributed by atoms with Gasteiger partial charge < -0.3 is 15.4 Å². The molecule has 224 valence electrons. The number of thioether (sulfide) groups is 1. The summed E-state index contributed by atoms with van der Waals surface area (Å²) >= 11 is 1.62. The maximum absolute atomic E-state index is 13.9. The molecular formula is C35H41N5O2S. The number of allylic oxidation sites excluding steroid dienone is 1. The van der Waals surface area contributed by atoms with E-state index in [0.29, 0.717) is 23.3 Å². The third kappa shape index (κ3) is 6.80. The summed E-state index contributed by atoms with van der Waals surface area (Å²) < 4.78 is 7.96. The van der Waals surface area contributed by atoms with Crippen molar-refractivity contribution in [3.63, 3.8) is 0 Å². The minimum absolute atomic E-state index is 0.116. The average molecular weight is 596 g/mol. The molecule has 4 aromatic rings. The average Bonchev–Trinajstić information content (AvgIpc) is 3.39. The summed E-state index contributed by atoms with van der Waals surface area (Å²) in [6, 6.07) is 22.0. The zero-order chi connectivity index (χ0) is 30.7. The first-order valence-corrected chi connectivity index (χ1v) is 15.8. The van der Waals surface area contributed by atoms with Crippen molar-refractivity contribution in [2.75, 3.05) is 16.4 Å². The summed E-state index contributed by atoms with van der Waals surface area (Å²) in [5, 5.41) is 12.0. The lowest BCUT2D eigenvalue weighted by atomic mass is 9.87. The van der Waals surface area contributed by atoms with Gasteiger partial charge in [0.25, 0.3) is 5.91 Å². The number of nitrogens with zero attached hydrogens (tertiary/aromatic N) is 3. The highest BCUT2D eigenvalue weighted by Crippen LogP contribution is 2.37. The summed E-state index contributed by atoms with van der Waals surface area (Å²) in [6.07, 6.45) is 1.02. The van der Waals surface area contributed by atoms with E-state index in [0.717, 1.165) is 51.6 Å². The van der Waals surface area contributed by atoms with Crippen LogP contribution in [-0.2, 0) is 16.8 Å². The van der Waals surface area contributed by atoms with E-state index in [-0.39, 0.29) is 11.3 Å². The number of carbonyl (C=O) groups excluding carboxylic acids is 1. The predicted molar refractivity (Wildman–Crippen MR) is 176 cm³/mol. The molecule has 2 heterocycles. The molecule has 7 nitrogen and oxygen atoms in total. The first-order chi connectivity index (χ1) is 20.5. The smallest absolute Gasteiger partial charge is 0.255 e. The topological polar surface area (TPSA) is 81.1 Å². The number of nitrogens with one attached hydrogen (secondary N) is 2. The molecule has 0 radical (unpaired) electrons. The molecule has 1 atom stereocenters. The van der Waals surface area contributed by atoms with Gasteiger partial charge in [0.1, 0.15) is 18.4 Å². The number of fused-ring (bicyclic) bond motifs is 1. The van der Waals surface area contributed by atoms with Crippen molar-refractivity contribution < 1.29 is 9.53 Å². The van der Waals surface area contributed by atoms with Crippen molar-refractivity contribution in [1.82, 2.24) is 14.8 Å². The molecule has 1 unspecified atom stereocenters. The van der Waals surface area contributed by atoms with E-state index in [1.54, 1.807) is 11.8 Å². The predicted octanol–water partition coefficient (Wildman–Crippen LogP) is 8.20. The van der Waals surface area contributed by atoms with E-state index < -0.39 is 6.04 Å². The van der Waals surface area contributed by atoms with Crippen molar-refractivity contribution in [2.45, 2.75) is 78.1 Å². The number of hydrogen-bond donors (Lipinski definition) is 2. The number of hydrogen-bond acceptors (Lipinski definition) is 6. The zero-order valence-corrected chi connectivity index (χ0v) is 26.9. The molecular weight excluding hydrogens is 554 g/mol. The van der Waals surface area contributed by atoms with Crippen LogP contribution in [0.3, 0.4) is 0 Å². The van der Waals surface area contributed by atoms with Crippen LogP contribution in [0.1, 0.15) is 74.9 Å². The molecule has 3 aromatic carbocycles. The summed E-state index contributed by atoms with van der Waals surface area (Å²) in [6.45, 7) is 15.2. The Labute approximate surface area is 259 Å². The van der Waals surface area contributed by atoms with E-state index in [2.05, 4.69) is 62.6 Å². The van der Waals surface area contributed by atoms with Crippen LogP contribution in [0.2, 0.25) is 0 Å². The fourth-order valence-corrected chi connectivity index (χ4v) is 5.76. The van der Waals surface area contributed by atoms with Crippen molar-refractivity contribution in [1.29, 1.82) is 0 Å². The lowest BCUT2D eigenvalue weighted by molar-refractivity contribution is -0.113. The van der Waals surface area contributed by atoms with E-state index in [1.807, 2.05) is 67.9 Å². The highest BCUT2D eigenvalue weighted by molar-refractivity contribution is 7.99. The molecule has 0 saturated heterocycles. The largest absolute Gasteiger partial charge is 0.489 e. The Bertz CT molecular complexity index is 1630. The van der Waals surface area contributed by atoms with Crippen molar-refractivity contribution in [3.8, 4) is 5.75 Å². The highest BCUT2D eigenvalue weighted by Gasteiger charge is 2.34. The van der Waals surface area contributed by atoms with Crippen LogP contribution >= 0.6 is 11.8 Å². The van der Waals surface area contributed by atoms with E-state index in [9.17, 15) is 4.79 Å². The molecule has 0 spiro atoms. The van der Waals surface area contributed by atoms with Gasteiger partial charge >= 0.3 is 0 Å². The number of aromatic nitrogens is 3. The van der Waals surface area contributed by atoms with Crippen LogP contribution in [-0.4, -0.2) is 26.4 Å². The van der Waals surface area contributed by atoms with Gasteiger partial charge in [-0.05, 0) is 78.6 Å². The molecule has 0 aliphatic carbocycles.